The summed E-state index contributed by atoms with van der Waals surface area (Å²) in [4.78, 5) is 44.4. The molecule has 0 aliphatic carbocycles. The molecule has 5 rings (SSSR count). The Hall–Kier alpha value is -4.77. The van der Waals surface area contributed by atoms with Crippen LogP contribution in [0.15, 0.2) is 78.8 Å². The number of amides is 1. The number of allylic oxidation sites excluding steroid dienone is 1. The van der Waals surface area contributed by atoms with Crippen LogP contribution in [0.2, 0.25) is 0 Å². The second kappa shape index (κ2) is 14.8. The molecule has 0 atom stereocenters. The molecule has 1 fully saturated rings. The van der Waals surface area contributed by atoms with Crippen molar-refractivity contribution in [1.82, 2.24) is 19.3 Å². The highest BCUT2D eigenvalue weighted by molar-refractivity contribution is 5.94. The molecule has 0 bridgehead atoms. The van der Waals surface area contributed by atoms with Crippen LogP contribution in [-0.2, 0) is 32.0 Å². The standard InChI is InChI=1S/C34H40N4O7/c1-35(2)17-13-26-23-38(31-20-29(42-3)11-12-30(26)31)33(40)43-24-44-34(41)45-28-14-18-37(19-15-28)32(39)27-10-7-16-36(22-27)21-25-8-5-4-6-9-25/h4-9,11-12,16,20,22-23,28H,10,13-15,17-19,21,24H2,1-3H3. The van der Waals surface area contributed by atoms with Gasteiger partial charge in [-0.15, -0.1) is 0 Å². The van der Waals surface area contributed by atoms with E-state index >= 15 is 0 Å². The van der Waals surface area contributed by atoms with E-state index in [9.17, 15) is 14.4 Å². The van der Waals surface area contributed by atoms with Gasteiger partial charge in [-0.3, -0.25) is 9.36 Å². The van der Waals surface area contributed by atoms with E-state index in [0.717, 1.165) is 35.1 Å². The summed E-state index contributed by atoms with van der Waals surface area (Å²) in [5.74, 6) is 0.601. The maximum atomic E-state index is 13.2. The van der Waals surface area contributed by atoms with E-state index in [0.29, 0.717) is 50.2 Å². The van der Waals surface area contributed by atoms with Crippen molar-refractivity contribution >= 4 is 29.1 Å². The summed E-state index contributed by atoms with van der Waals surface area (Å²) in [7, 11) is 5.54. The van der Waals surface area contributed by atoms with Gasteiger partial charge in [0.1, 0.15) is 11.9 Å². The highest BCUT2D eigenvalue weighted by Gasteiger charge is 2.28. The summed E-state index contributed by atoms with van der Waals surface area (Å²) in [6, 6.07) is 15.6. The van der Waals surface area contributed by atoms with Crippen molar-refractivity contribution in [2.45, 2.75) is 38.3 Å². The Kier molecular flexibility index (Phi) is 10.4. The van der Waals surface area contributed by atoms with Crippen molar-refractivity contribution in [2.75, 3.05) is 47.6 Å². The average Bonchev–Trinajstić information content (AvgIpc) is 3.42. The van der Waals surface area contributed by atoms with Crippen LogP contribution in [0.3, 0.4) is 0 Å². The first kappa shape index (κ1) is 31.6. The van der Waals surface area contributed by atoms with Crippen LogP contribution >= 0.6 is 0 Å². The van der Waals surface area contributed by atoms with E-state index in [1.54, 1.807) is 24.3 Å². The van der Waals surface area contributed by atoms with Crippen molar-refractivity contribution in [3.63, 3.8) is 0 Å². The summed E-state index contributed by atoms with van der Waals surface area (Å²) in [5.41, 5.74) is 3.52. The van der Waals surface area contributed by atoms with Gasteiger partial charge in [0.05, 0.1) is 12.6 Å². The van der Waals surface area contributed by atoms with Gasteiger partial charge in [-0.2, -0.15) is 0 Å². The monoisotopic (exact) mass is 616 g/mol. The van der Waals surface area contributed by atoms with Gasteiger partial charge in [0.2, 0.25) is 6.79 Å². The molecule has 0 N–H and O–H groups in total. The third-order valence-corrected chi connectivity index (χ3v) is 7.91. The Morgan fingerprint density at radius 1 is 1.00 bits per heavy atom. The van der Waals surface area contributed by atoms with Crippen LogP contribution in [0.1, 0.15) is 30.4 Å². The van der Waals surface area contributed by atoms with Gasteiger partial charge >= 0.3 is 12.2 Å². The predicted molar refractivity (Wildman–Crippen MR) is 168 cm³/mol. The van der Waals surface area contributed by atoms with Gasteiger partial charge < -0.3 is 33.6 Å². The molecule has 45 heavy (non-hydrogen) atoms. The topological polar surface area (TPSA) is 103 Å². The Morgan fingerprint density at radius 2 is 1.78 bits per heavy atom. The lowest BCUT2D eigenvalue weighted by atomic mass is 10.0. The van der Waals surface area contributed by atoms with Crippen molar-refractivity contribution in [1.29, 1.82) is 0 Å². The fourth-order valence-corrected chi connectivity index (χ4v) is 5.49. The maximum Gasteiger partial charge on any atom is 0.511 e. The van der Waals surface area contributed by atoms with Crippen LogP contribution in [0.25, 0.3) is 10.9 Å². The normalized spacial score (nSPS) is 15.2. The van der Waals surface area contributed by atoms with E-state index in [1.165, 1.54) is 4.57 Å². The molecule has 1 aromatic heterocycles. The third kappa shape index (κ3) is 8.24. The van der Waals surface area contributed by atoms with Gasteiger partial charge in [0.15, 0.2) is 0 Å². The molecule has 1 amide bonds. The number of nitrogens with zero attached hydrogens (tertiary/aromatic N) is 4. The van der Waals surface area contributed by atoms with E-state index in [4.69, 9.17) is 18.9 Å². The Labute approximate surface area is 263 Å². The van der Waals surface area contributed by atoms with Crippen LogP contribution in [0, 0.1) is 0 Å². The number of rotatable bonds is 10. The minimum Gasteiger partial charge on any atom is -0.497 e. The number of aromatic nitrogens is 1. The third-order valence-electron chi connectivity index (χ3n) is 7.91. The first-order chi connectivity index (χ1) is 21.8. The van der Waals surface area contributed by atoms with Crippen LogP contribution in [-0.4, -0.2) is 91.2 Å². The zero-order valence-electron chi connectivity index (χ0n) is 26.0. The summed E-state index contributed by atoms with van der Waals surface area (Å²) in [5, 5.41) is 0.917. The number of hydrogen-bond donors (Lipinski definition) is 0. The van der Waals surface area contributed by atoms with Gasteiger partial charge in [-0.05, 0) is 50.2 Å². The SMILES string of the molecule is COc1ccc2c(CCN(C)C)cn(C(=O)OCOC(=O)OC3CCN(C(=O)C4=CN(Cc5ccccc5)C=CC4)CC3)c2c1. The molecule has 3 aromatic rings. The quantitative estimate of drug-likeness (QED) is 0.226. The number of hydrogen-bond acceptors (Lipinski definition) is 9. The Balaban J connectivity index is 1.07. The number of fused-ring (bicyclic) bond motifs is 1. The number of benzene rings is 2. The summed E-state index contributed by atoms with van der Waals surface area (Å²) < 4.78 is 22.5. The second-order valence-electron chi connectivity index (χ2n) is 11.4. The van der Waals surface area contributed by atoms with E-state index in [1.807, 2.05) is 67.8 Å². The predicted octanol–water partition coefficient (Wildman–Crippen LogP) is 5.14. The molecule has 2 aromatic carbocycles. The van der Waals surface area contributed by atoms with Gasteiger partial charge in [-0.1, -0.05) is 36.4 Å². The van der Waals surface area contributed by atoms with Crippen LogP contribution in [0.4, 0.5) is 9.59 Å². The Morgan fingerprint density at radius 3 is 2.51 bits per heavy atom. The Bertz CT molecular complexity index is 1560. The van der Waals surface area contributed by atoms with E-state index < -0.39 is 25.1 Å². The highest BCUT2D eigenvalue weighted by Crippen LogP contribution is 2.27. The summed E-state index contributed by atoms with van der Waals surface area (Å²) in [6.45, 7) is 1.84. The molecule has 3 heterocycles. The molecule has 2 aliphatic heterocycles. The molecule has 2 aliphatic rings. The summed E-state index contributed by atoms with van der Waals surface area (Å²) in [6.07, 6.45) is 7.94. The lowest BCUT2D eigenvalue weighted by Gasteiger charge is -2.32. The maximum absolute atomic E-state index is 13.2. The lowest BCUT2D eigenvalue weighted by Crippen LogP contribution is -2.42. The van der Waals surface area contributed by atoms with Crippen LogP contribution in [0.5, 0.6) is 5.75 Å². The second-order valence-corrected chi connectivity index (χ2v) is 11.4. The zero-order chi connectivity index (χ0) is 31.8. The molecular weight excluding hydrogens is 576 g/mol. The minimum atomic E-state index is -0.921. The lowest BCUT2D eigenvalue weighted by molar-refractivity contribution is -0.129. The largest absolute Gasteiger partial charge is 0.511 e. The molecule has 1 saturated heterocycles. The van der Waals surface area contributed by atoms with Gasteiger partial charge in [0, 0.05) is 74.6 Å². The number of ether oxygens (including phenoxy) is 4. The molecule has 0 unspecified atom stereocenters. The molecular formula is C34H40N4O7. The number of methoxy groups -OCH3 is 1. The van der Waals surface area contributed by atoms with Crippen LogP contribution < -0.4 is 4.74 Å². The minimum absolute atomic E-state index is 0.00891. The van der Waals surface area contributed by atoms with Crippen molar-refractivity contribution in [2.24, 2.45) is 0 Å². The number of carbonyl (C=O) groups excluding carboxylic acids is 3. The average molecular weight is 617 g/mol. The molecule has 11 heteroatoms. The number of likely N-dealkylation sites (tertiary alicyclic amines) is 1. The van der Waals surface area contributed by atoms with Gasteiger partial charge in [0.25, 0.3) is 5.91 Å². The first-order valence-electron chi connectivity index (χ1n) is 15.1. The molecule has 11 nitrogen and oxygen atoms in total. The highest BCUT2D eigenvalue weighted by atomic mass is 16.8. The number of likely N-dealkylation sites (N-methyl/N-ethyl adjacent to an activating group) is 1. The molecule has 0 radical (unpaired) electrons. The van der Waals surface area contributed by atoms with Gasteiger partial charge in [-0.25, -0.2) is 9.59 Å². The fourth-order valence-electron chi connectivity index (χ4n) is 5.49. The van der Waals surface area contributed by atoms with E-state index in [-0.39, 0.29) is 5.91 Å². The first-order valence-corrected chi connectivity index (χ1v) is 15.1. The van der Waals surface area contributed by atoms with Crippen molar-refractivity contribution in [3.8, 4) is 5.75 Å². The van der Waals surface area contributed by atoms with Crippen molar-refractivity contribution < 1.29 is 33.3 Å². The number of piperidine rings is 1. The van der Waals surface area contributed by atoms with E-state index in [2.05, 4.69) is 17.0 Å². The zero-order valence-corrected chi connectivity index (χ0v) is 26.0. The number of carbonyl (C=O) groups is 3. The van der Waals surface area contributed by atoms with Crippen molar-refractivity contribution in [3.05, 3.63) is 89.9 Å². The summed E-state index contributed by atoms with van der Waals surface area (Å²) >= 11 is 0. The molecule has 0 saturated carbocycles. The molecule has 0 spiro atoms. The molecule has 238 valence electrons. The smallest absolute Gasteiger partial charge is 0.497 e. The fraction of sp³-hybridized carbons (Fsp3) is 0.382.